The Morgan fingerprint density at radius 1 is 1.38 bits per heavy atom. The molecule has 0 atom stereocenters. The molecule has 0 amide bonds. The lowest BCUT2D eigenvalue weighted by Gasteiger charge is -2.24. The highest BCUT2D eigenvalue weighted by Crippen LogP contribution is 2.25. The van der Waals surface area contributed by atoms with Crippen LogP contribution in [-0.2, 0) is 0 Å². The van der Waals surface area contributed by atoms with E-state index in [0.29, 0.717) is 5.52 Å². The fourth-order valence-corrected chi connectivity index (χ4v) is 2.09. The molecule has 8 heteroatoms. The van der Waals surface area contributed by atoms with Gasteiger partial charge in [-0.1, -0.05) is 13.8 Å². The van der Waals surface area contributed by atoms with E-state index in [4.69, 9.17) is 5.73 Å². The molecule has 0 bridgehead atoms. The summed E-state index contributed by atoms with van der Waals surface area (Å²) < 4.78 is 39.7. The fourth-order valence-electron chi connectivity index (χ4n) is 2.09. The van der Waals surface area contributed by atoms with Crippen LogP contribution in [0.15, 0.2) is 18.5 Å². The van der Waals surface area contributed by atoms with Crippen LogP contribution in [0.3, 0.4) is 0 Å². The molecular weight excluding hydrogens is 283 g/mol. The van der Waals surface area contributed by atoms with Crippen molar-refractivity contribution in [1.82, 2.24) is 14.6 Å². The number of nitrogens with zero attached hydrogens (tertiary/aromatic N) is 4. The maximum absolute atomic E-state index is 12.7. The second-order valence-corrected chi connectivity index (χ2v) is 5.13. The first-order chi connectivity index (χ1) is 9.81. The number of nitrogens with two attached hydrogens (primary N) is 1. The van der Waals surface area contributed by atoms with Gasteiger partial charge in [-0.3, -0.25) is 0 Å². The van der Waals surface area contributed by atoms with Gasteiger partial charge in [0, 0.05) is 25.5 Å². The van der Waals surface area contributed by atoms with Crippen LogP contribution < -0.4 is 10.6 Å². The summed E-state index contributed by atoms with van der Waals surface area (Å²) in [6.07, 6.45) is -1.25. The maximum atomic E-state index is 12.7. The van der Waals surface area contributed by atoms with E-state index in [2.05, 4.69) is 10.1 Å². The monoisotopic (exact) mass is 301 g/mol. The molecule has 0 saturated carbocycles. The van der Waals surface area contributed by atoms with Crippen LogP contribution in [0, 0.1) is 0 Å². The van der Waals surface area contributed by atoms with Crippen LogP contribution in [0.4, 0.5) is 19.0 Å². The Hall–Kier alpha value is -1.83. The van der Waals surface area contributed by atoms with Crippen LogP contribution in [-0.4, -0.2) is 40.4 Å². The van der Waals surface area contributed by atoms with E-state index >= 15 is 0 Å². The highest BCUT2D eigenvalue weighted by molar-refractivity contribution is 5.69. The van der Waals surface area contributed by atoms with Gasteiger partial charge in [0.15, 0.2) is 5.82 Å². The Morgan fingerprint density at radius 2 is 2.10 bits per heavy atom. The molecule has 2 heterocycles. The summed E-state index contributed by atoms with van der Waals surface area (Å²) in [7, 11) is 0. The molecule has 2 rings (SSSR count). The molecule has 2 aromatic rings. The van der Waals surface area contributed by atoms with Crippen LogP contribution in [0.25, 0.3) is 5.52 Å². The summed E-state index contributed by atoms with van der Waals surface area (Å²) in [5, 5.41) is 4.35. The van der Waals surface area contributed by atoms with Gasteiger partial charge >= 0.3 is 6.18 Å². The van der Waals surface area contributed by atoms with Crippen LogP contribution in [0.1, 0.15) is 25.5 Å². The van der Waals surface area contributed by atoms with Crippen LogP contribution in [0.5, 0.6) is 0 Å². The van der Waals surface area contributed by atoms with Gasteiger partial charge in [0.25, 0.3) is 0 Å². The molecule has 0 aliphatic heterocycles. The van der Waals surface area contributed by atoms with Crippen molar-refractivity contribution < 1.29 is 13.2 Å². The molecule has 2 N–H and O–H groups in total. The van der Waals surface area contributed by atoms with E-state index in [1.54, 1.807) is 16.8 Å². The van der Waals surface area contributed by atoms with Crippen molar-refractivity contribution in [3.05, 3.63) is 24.2 Å². The number of fused-ring (bicyclic) bond motifs is 1. The van der Waals surface area contributed by atoms with E-state index in [9.17, 15) is 13.2 Å². The van der Waals surface area contributed by atoms with Gasteiger partial charge in [-0.05, 0) is 12.0 Å². The van der Waals surface area contributed by atoms with Crippen molar-refractivity contribution in [2.45, 2.75) is 25.9 Å². The van der Waals surface area contributed by atoms with E-state index in [-0.39, 0.29) is 24.8 Å². The summed E-state index contributed by atoms with van der Waals surface area (Å²) in [6.45, 7) is 3.06. The van der Waals surface area contributed by atoms with Crippen molar-refractivity contribution in [1.29, 1.82) is 0 Å². The topological polar surface area (TPSA) is 59.5 Å². The Morgan fingerprint density at radius 3 is 2.67 bits per heavy atom. The first-order valence-corrected chi connectivity index (χ1v) is 6.68. The lowest BCUT2D eigenvalue weighted by atomic mass is 10.1. The van der Waals surface area contributed by atoms with Gasteiger partial charge in [-0.15, -0.1) is 0 Å². The third-order valence-corrected chi connectivity index (χ3v) is 3.05. The second-order valence-electron chi connectivity index (χ2n) is 5.13. The summed E-state index contributed by atoms with van der Waals surface area (Å²) in [5.41, 5.74) is 6.79. The molecule has 0 unspecified atom stereocenters. The van der Waals surface area contributed by atoms with Crippen LogP contribution in [0.2, 0.25) is 0 Å². The highest BCUT2D eigenvalue weighted by Gasteiger charge is 2.32. The Balaban J connectivity index is 2.46. The first kappa shape index (κ1) is 15.6. The second kappa shape index (κ2) is 5.88. The lowest BCUT2D eigenvalue weighted by Crippen LogP contribution is -2.38. The van der Waals surface area contributed by atoms with Gasteiger partial charge in [-0.2, -0.15) is 18.3 Å². The van der Waals surface area contributed by atoms with Gasteiger partial charge in [0.05, 0.1) is 5.69 Å². The number of rotatable bonds is 5. The smallest absolute Gasteiger partial charge is 0.344 e. The maximum Gasteiger partial charge on any atom is 0.405 e. The number of aromatic nitrogens is 3. The zero-order valence-electron chi connectivity index (χ0n) is 11.9. The minimum Gasteiger partial charge on any atom is -0.344 e. The molecule has 0 aromatic carbocycles. The lowest BCUT2D eigenvalue weighted by molar-refractivity contribution is -0.119. The van der Waals surface area contributed by atoms with E-state index in [0.717, 1.165) is 10.6 Å². The standard InChI is InChI=1S/C13H18F3N5/c1-9(2)10-7-11-12(18-4-6-21(11)19-10)20(5-3-17)8-13(14,15)16/h4,6-7,9H,3,5,8,17H2,1-2H3. The van der Waals surface area contributed by atoms with Crippen molar-refractivity contribution in [2.75, 3.05) is 24.5 Å². The summed E-state index contributed by atoms with van der Waals surface area (Å²) in [4.78, 5) is 5.23. The number of alkyl halides is 3. The molecule has 0 aliphatic carbocycles. The van der Waals surface area contributed by atoms with Crippen molar-refractivity contribution in [2.24, 2.45) is 5.73 Å². The molecule has 0 radical (unpaired) electrons. The van der Waals surface area contributed by atoms with Gasteiger partial charge < -0.3 is 10.6 Å². The minimum absolute atomic E-state index is 0.0778. The van der Waals surface area contributed by atoms with E-state index in [1.807, 2.05) is 13.8 Å². The molecule has 0 saturated heterocycles. The average molecular weight is 301 g/mol. The predicted molar refractivity (Wildman–Crippen MR) is 74.4 cm³/mol. The molecule has 21 heavy (non-hydrogen) atoms. The Labute approximate surface area is 120 Å². The summed E-state index contributed by atoms with van der Waals surface area (Å²) >= 11 is 0. The van der Waals surface area contributed by atoms with E-state index < -0.39 is 12.7 Å². The third kappa shape index (κ3) is 3.63. The number of hydrogen-bond acceptors (Lipinski definition) is 4. The number of anilines is 1. The van der Waals surface area contributed by atoms with Gasteiger partial charge in [-0.25, -0.2) is 9.50 Å². The quantitative estimate of drug-likeness (QED) is 0.919. The summed E-state index contributed by atoms with van der Waals surface area (Å²) in [6, 6.07) is 1.77. The van der Waals surface area contributed by atoms with E-state index in [1.165, 1.54) is 6.20 Å². The molecule has 0 aliphatic rings. The minimum atomic E-state index is -4.31. The van der Waals surface area contributed by atoms with Crippen molar-refractivity contribution >= 4 is 11.3 Å². The van der Waals surface area contributed by atoms with Gasteiger partial charge in [0.2, 0.25) is 0 Å². The van der Waals surface area contributed by atoms with Crippen LogP contribution >= 0.6 is 0 Å². The Bertz CT molecular complexity index is 605. The third-order valence-electron chi connectivity index (χ3n) is 3.05. The fraction of sp³-hybridized carbons (Fsp3) is 0.538. The predicted octanol–water partition coefficient (Wildman–Crippen LogP) is 2.18. The number of halogens is 3. The molecule has 2 aromatic heterocycles. The zero-order valence-corrected chi connectivity index (χ0v) is 11.9. The average Bonchev–Trinajstić information content (AvgIpc) is 2.80. The molecular formula is C13H18F3N5. The highest BCUT2D eigenvalue weighted by atomic mass is 19.4. The molecule has 0 fully saturated rings. The van der Waals surface area contributed by atoms with Crippen molar-refractivity contribution in [3.8, 4) is 0 Å². The molecule has 0 spiro atoms. The van der Waals surface area contributed by atoms with Gasteiger partial charge in [0.1, 0.15) is 12.1 Å². The first-order valence-electron chi connectivity index (χ1n) is 6.68. The zero-order chi connectivity index (χ0) is 15.6. The molecule has 5 nitrogen and oxygen atoms in total. The Kier molecular flexibility index (Phi) is 4.36. The summed E-state index contributed by atoms with van der Waals surface area (Å²) in [5.74, 6) is 0.433. The SMILES string of the molecule is CC(C)c1cc2c(N(CCN)CC(F)(F)F)nccn2n1. The molecule has 116 valence electrons. The van der Waals surface area contributed by atoms with Crippen molar-refractivity contribution in [3.63, 3.8) is 0 Å². The number of hydrogen-bond donors (Lipinski definition) is 1. The normalized spacial score (nSPS) is 12.3. The largest absolute Gasteiger partial charge is 0.405 e.